The van der Waals surface area contributed by atoms with Crippen LogP contribution in [-0.4, -0.2) is 47.7 Å². The topological polar surface area (TPSA) is 65.1 Å². The first-order valence-electron chi connectivity index (χ1n) is 9.48. The van der Waals surface area contributed by atoms with Gasteiger partial charge in [-0.2, -0.15) is 0 Å². The summed E-state index contributed by atoms with van der Waals surface area (Å²) in [7, 11) is 0. The molecule has 1 saturated heterocycles. The Labute approximate surface area is 187 Å². The van der Waals surface area contributed by atoms with E-state index < -0.39 is 12.0 Å². The second kappa shape index (κ2) is 9.57. The van der Waals surface area contributed by atoms with E-state index in [1.165, 1.54) is 17.8 Å². The number of benzene rings is 2. The van der Waals surface area contributed by atoms with Crippen LogP contribution in [0.4, 0.5) is 0 Å². The first kappa shape index (κ1) is 20.8. The van der Waals surface area contributed by atoms with Crippen molar-refractivity contribution in [3.8, 4) is 11.5 Å². The van der Waals surface area contributed by atoms with Gasteiger partial charge in [-0.05, 0) is 23.8 Å². The number of thioether (sulfide) groups is 1. The lowest BCUT2D eigenvalue weighted by Gasteiger charge is -2.22. The summed E-state index contributed by atoms with van der Waals surface area (Å²) >= 11 is 5.02. The molecule has 2 heterocycles. The number of ether oxygens (including phenoxy) is 3. The Balaban J connectivity index is 1.38. The van der Waals surface area contributed by atoms with E-state index >= 15 is 0 Å². The number of carbonyl (C=O) groups is 2. The quantitative estimate of drug-likeness (QED) is 0.469. The summed E-state index contributed by atoms with van der Waals surface area (Å²) in [5, 5.41) is 0. The van der Waals surface area contributed by atoms with E-state index in [2.05, 4.69) is 15.9 Å². The fourth-order valence-corrected chi connectivity index (χ4v) is 4.73. The van der Waals surface area contributed by atoms with E-state index in [4.69, 9.17) is 14.2 Å². The number of esters is 1. The summed E-state index contributed by atoms with van der Waals surface area (Å²) in [5.41, 5.74) is 1.71. The van der Waals surface area contributed by atoms with Gasteiger partial charge in [0.15, 0.2) is 11.5 Å². The Bertz CT molecular complexity index is 966. The van der Waals surface area contributed by atoms with Crippen LogP contribution in [0.3, 0.4) is 0 Å². The van der Waals surface area contributed by atoms with Crippen molar-refractivity contribution in [2.45, 2.75) is 12.6 Å². The molecule has 0 spiro atoms. The number of amides is 1. The van der Waals surface area contributed by atoms with Crippen molar-refractivity contribution < 1.29 is 23.8 Å². The van der Waals surface area contributed by atoms with Gasteiger partial charge in [0, 0.05) is 21.9 Å². The number of halogens is 1. The van der Waals surface area contributed by atoms with Gasteiger partial charge in [-0.1, -0.05) is 46.3 Å². The SMILES string of the molecule is O=C(OCc1cc2c(cc1Br)OCCO2)C1CSCN1C(=O)C=Cc1ccccc1. The van der Waals surface area contributed by atoms with Gasteiger partial charge >= 0.3 is 5.97 Å². The Hall–Kier alpha value is -2.45. The van der Waals surface area contributed by atoms with Gasteiger partial charge in [-0.25, -0.2) is 4.79 Å². The molecule has 2 aromatic rings. The number of carbonyl (C=O) groups excluding carboxylic acids is 2. The smallest absolute Gasteiger partial charge is 0.330 e. The minimum atomic E-state index is -0.598. The summed E-state index contributed by atoms with van der Waals surface area (Å²) in [6, 6.07) is 12.6. The number of rotatable bonds is 5. The number of hydrogen-bond donors (Lipinski definition) is 0. The molecule has 1 unspecified atom stereocenters. The summed E-state index contributed by atoms with van der Waals surface area (Å²) < 4.78 is 17.4. The molecule has 4 rings (SSSR count). The third kappa shape index (κ3) is 4.82. The molecular weight excluding hydrogens is 470 g/mol. The minimum absolute atomic E-state index is 0.0824. The van der Waals surface area contributed by atoms with Crippen LogP contribution < -0.4 is 9.47 Å². The molecule has 0 saturated carbocycles. The Morgan fingerprint density at radius 2 is 1.90 bits per heavy atom. The van der Waals surface area contributed by atoms with Crippen LogP contribution in [0.5, 0.6) is 11.5 Å². The molecule has 2 aliphatic rings. The largest absolute Gasteiger partial charge is 0.486 e. The van der Waals surface area contributed by atoms with Crippen molar-refractivity contribution in [2.24, 2.45) is 0 Å². The number of hydrogen-bond acceptors (Lipinski definition) is 6. The third-order valence-corrected chi connectivity index (χ3v) is 6.49. The standard InChI is InChI=1S/C22H20BrNO5S/c23-17-11-20-19(27-8-9-28-20)10-16(17)12-29-22(26)18-13-30-14-24(18)21(25)7-6-15-4-2-1-3-5-15/h1-7,10-11,18H,8-9,12-14H2. The molecule has 2 aromatic carbocycles. The summed E-state index contributed by atoms with van der Waals surface area (Å²) in [4.78, 5) is 26.8. The molecule has 1 atom stereocenters. The average Bonchev–Trinajstić information content (AvgIpc) is 3.27. The first-order chi connectivity index (χ1) is 14.6. The van der Waals surface area contributed by atoms with Crippen LogP contribution in [-0.2, 0) is 20.9 Å². The van der Waals surface area contributed by atoms with Gasteiger partial charge in [0.1, 0.15) is 25.9 Å². The lowest BCUT2D eigenvalue weighted by molar-refractivity contribution is -0.152. The minimum Gasteiger partial charge on any atom is -0.486 e. The summed E-state index contributed by atoms with van der Waals surface area (Å²) in [6.07, 6.45) is 3.25. The fraction of sp³-hybridized carbons (Fsp3) is 0.273. The monoisotopic (exact) mass is 489 g/mol. The summed E-state index contributed by atoms with van der Waals surface area (Å²) in [5.74, 6) is 1.67. The molecule has 1 fully saturated rings. The van der Waals surface area contributed by atoms with Gasteiger partial charge in [0.2, 0.25) is 5.91 Å². The van der Waals surface area contributed by atoms with E-state index in [1.807, 2.05) is 36.4 Å². The van der Waals surface area contributed by atoms with E-state index in [0.717, 1.165) is 15.6 Å². The van der Waals surface area contributed by atoms with Crippen molar-refractivity contribution in [1.29, 1.82) is 0 Å². The van der Waals surface area contributed by atoms with Crippen LogP contribution in [0.2, 0.25) is 0 Å². The van der Waals surface area contributed by atoms with E-state index in [1.54, 1.807) is 17.0 Å². The Morgan fingerprint density at radius 1 is 1.17 bits per heavy atom. The fourth-order valence-electron chi connectivity index (χ4n) is 3.14. The molecule has 30 heavy (non-hydrogen) atoms. The lowest BCUT2D eigenvalue weighted by Crippen LogP contribution is -2.42. The average molecular weight is 490 g/mol. The van der Waals surface area contributed by atoms with Crippen molar-refractivity contribution in [3.63, 3.8) is 0 Å². The molecule has 0 bridgehead atoms. The highest BCUT2D eigenvalue weighted by Gasteiger charge is 2.35. The van der Waals surface area contributed by atoms with Crippen LogP contribution in [0, 0.1) is 0 Å². The van der Waals surface area contributed by atoms with Gasteiger partial charge in [-0.15, -0.1) is 11.8 Å². The van der Waals surface area contributed by atoms with E-state index in [0.29, 0.717) is 36.3 Å². The van der Waals surface area contributed by atoms with Crippen LogP contribution in [0.25, 0.3) is 6.08 Å². The molecular formula is C22H20BrNO5S. The Kier molecular flexibility index (Phi) is 6.64. The molecule has 8 heteroatoms. The lowest BCUT2D eigenvalue weighted by atomic mass is 10.2. The molecule has 156 valence electrons. The molecule has 0 aliphatic carbocycles. The highest BCUT2D eigenvalue weighted by molar-refractivity contribution is 9.10. The zero-order chi connectivity index (χ0) is 20.9. The van der Waals surface area contributed by atoms with Crippen molar-refractivity contribution >= 4 is 45.6 Å². The van der Waals surface area contributed by atoms with Crippen molar-refractivity contribution in [3.05, 3.63) is 64.1 Å². The van der Waals surface area contributed by atoms with Gasteiger partial charge in [0.05, 0.1) is 5.88 Å². The third-order valence-electron chi connectivity index (χ3n) is 4.74. The highest BCUT2D eigenvalue weighted by atomic mass is 79.9. The van der Waals surface area contributed by atoms with Gasteiger partial charge in [0.25, 0.3) is 0 Å². The normalized spacial score (nSPS) is 17.9. The second-order valence-electron chi connectivity index (χ2n) is 6.76. The van der Waals surface area contributed by atoms with Crippen molar-refractivity contribution in [1.82, 2.24) is 4.90 Å². The van der Waals surface area contributed by atoms with Gasteiger partial charge in [-0.3, -0.25) is 4.79 Å². The van der Waals surface area contributed by atoms with Crippen LogP contribution in [0.15, 0.2) is 53.0 Å². The molecule has 1 amide bonds. The predicted octanol–water partition coefficient (Wildman–Crippen LogP) is 3.88. The second-order valence-corrected chi connectivity index (χ2v) is 8.62. The van der Waals surface area contributed by atoms with Crippen LogP contribution in [0.1, 0.15) is 11.1 Å². The highest BCUT2D eigenvalue weighted by Crippen LogP contribution is 2.36. The summed E-state index contributed by atoms with van der Waals surface area (Å²) in [6.45, 7) is 1.08. The maximum absolute atomic E-state index is 12.7. The molecule has 6 nitrogen and oxygen atoms in total. The molecule has 0 N–H and O–H groups in total. The Morgan fingerprint density at radius 3 is 2.67 bits per heavy atom. The maximum atomic E-state index is 12.7. The molecule has 2 aliphatic heterocycles. The zero-order valence-corrected chi connectivity index (χ0v) is 18.5. The van der Waals surface area contributed by atoms with Crippen molar-refractivity contribution in [2.75, 3.05) is 24.8 Å². The van der Waals surface area contributed by atoms with Gasteiger partial charge < -0.3 is 19.1 Å². The zero-order valence-electron chi connectivity index (χ0n) is 16.1. The van der Waals surface area contributed by atoms with Crippen LogP contribution >= 0.6 is 27.7 Å². The molecule has 0 radical (unpaired) electrons. The first-order valence-corrected chi connectivity index (χ1v) is 11.4. The van der Waals surface area contributed by atoms with E-state index in [9.17, 15) is 9.59 Å². The number of nitrogens with zero attached hydrogens (tertiary/aromatic N) is 1. The molecule has 0 aromatic heterocycles. The predicted molar refractivity (Wildman–Crippen MR) is 118 cm³/mol. The van der Waals surface area contributed by atoms with E-state index in [-0.39, 0.29) is 12.5 Å². The number of fused-ring (bicyclic) bond motifs is 1. The maximum Gasteiger partial charge on any atom is 0.330 e.